The average Bonchev–Trinajstić information content (AvgIpc) is 3.01. The van der Waals surface area contributed by atoms with E-state index < -0.39 is 0 Å². The largest absolute Gasteiger partial charge is 0.358 e. The molecule has 0 aliphatic carbocycles. The molecular formula is C17H20N4S2. The van der Waals surface area contributed by atoms with E-state index in [1.54, 1.807) is 23.5 Å². The fraction of sp³-hybridized carbons (Fsp3) is 0.412. The van der Waals surface area contributed by atoms with Crippen LogP contribution < -0.4 is 5.32 Å². The molecule has 1 aromatic rings. The van der Waals surface area contributed by atoms with Crippen molar-refractivity contribution in [2.24, 2.45) is 9.98 Å². The van der Waals surface area contributed by atoms with Crippen molar-refractivity contribution in [2.75, 3.05) is 12.3 Å². The minimum Gasteiger partial charge on any atom is -0.358 e. The Balaban J connectivity index is 1.45. The summed E-state index contributed by atoms with van der Waals surface area (Å²) in [6, 6.07) is 8.61. The second-order valence-electron chi connectivity index (χ2n) is 6.60. The van der Waals surface area contributed by atoms with Crippen molar-refractivity contribution in [1.82, 2.24) is 10.2 Å². The van der Waals surface area contributed by atoms with Gasteiger partial charge in [-0.3, -0.25) is 9.98 Å². The Bertz CT molecular complexity index is 721. The van der Waals surface area contributed by atoms with Gasteiger partial charge >= 0.3 is 0 Å². The van der Waals surface area contributed by atoms with Crippen LogP contribution in [0.5, 0.6) is 0 Å². The Hall–Kier alpha value is -1.40. The minimum absolute atomic E-state index is 0.0926. The third-order valence-electron chi connectivity index (χ3n) is 4.13. The number of nitrogens with one attached hydrogen (secondary N) is 1. The van der Waals surface area contributed by atoms with Crippen molar-refractivity contribution >= 4 is 33.9 Å². The van der Waals surface area contributed by atoms with Crippen LogP contribution in [0.15, 0.2) is 45.4 Å². The summed E-state index contributed by atoms with van der Waals surface area (Å²) in [5.41, 5.74) is 4.13. The first kappa shape index (κ1) is 15.1. The van der Waals surface area contributed by atoms with Gasteiger partial charge in [0.1, 0.15) is 0 Å². The highest BCUT2D eigenvalue weighted by Gasteiger charge is 2.28. The fourth-order valence-corrected chi connectivity index (χ4v) is 4.86. The highest BCUT2D eigenvalue weighted by atomic mass is 32.2. The summed E-state index contributed by atoms with van der Waals surface area (Å²) in [5, 5.41) is 7.90. The molecule has 0 amide bonds. The molecular weight excluding hydrogens is 324 g/mol. The number of hydrogen-bond donors (Lipinski definition) is 1. The Labute approximate surface area is 145 Å². The van der Waals surface area contributed by atoms with E-state index in [-0.39, 0.29) is 5.54 Å². The van der Waals surface area contributed by atoms with Crippen LogP contribution in [0, 0.1) is 0 Å². The molecule has 6 heteroatoms. The van der Waals surface area contributed by atoms with Crippen LogP contribution in [0.2, 0.25) is 0 Å². The SMILES string of the molecule is CC1(C)CN=C(SCC2=CSC3=NCc4ccccc4CN23)N1. The molecule has 0 bridgehead atoms. The average molecular weight is 345 g/mol. The summed E-state index contributed by atoms with van der Waals surface area (Å²) in [6.07, 6.45) is 0. The molecule has 120 valence electrons. The first-order valence-corrected chi connectivity index (χ1v) is 9.67. The lowest BCUT2D eigenvalue weighted by Crippen LogP contribution is -2.38. The highest BCUT2D eigenvalue weighted by Crippen LogP contribution is 2.33. The maximum absolute atomic E-state index is 4.78. The third-order valence-corrected chi connectivity index (χ3v) is 6.02. The van der Waals surface area contributed by atoms with E-state index in [0.29, 0.717) is 0 Å². The zero-order valence-electron chi connectivity index (χ0n) is 13.4. The monoisotopic (exact) mass is 344 g/mol. The van der Waals surface area contributed by atoms with Crippen LogP contribution in [-0.2, 0) is 13.1 Å². The number of fused-ring (bicyclic) bond motifs is 2. The number of thioether (sulfide) groups is 2. The van der Waals surface area contributed by atoms with Gasteiger partial charge in [0.15, 0.2) is 10.3 Å². The molecule has 0 unspecified atom stereocenters. The van der Waals surface area contributed by atoms with E-state index in [1.165, 1.54) is 16.8 Å². The number of amidine groups is 2. The number of nitrogens with zero attached hydrogens (tertiary/aromatic N) is 3. The quantitative estimate of drug-likeness (QED) is 0.892. The molecule has 23 heavy (non-hydrogen) atoms. The molecule has 4 rings (SSSR count). The predicted octanol–water partition coefficient (Wildman–Crippen LogP) is 3.42. The van der Waals surface area contributed by atoms with Crippen molar-refractivity contribution in [3.05, 3.63) is 46.5 Å². The maximum Gasteiger partial charge on any atom is 0.168 e. The van der Waals surface area contributed by atoms with Crippen LogP contribution in [0.1, 0.15) is 25.0 Å². The second-order valence-corrected chi connectivity index (χ2v) is 8.40. The van der Waals surface area contributed by atoms with Crippen LogP contribution in [0.25, 0.3) is 0 Å². The number of aliphatic imine (C=N–C) groups is 2. The van der Waals surface area contributed by atoms with Crippen molar-refractivity contribution in [1.29, 1.82) is 0 Å². The molecule has 3 heterocycles. The molecule has 0 fully saturated rings. The van der Waals surface area contributed by atoms with Gasteiger partial charge in [-0.15, -0.1) is 0 Å². The molecule has 0 radical (unpaired) electrons. The maximum atomic E-state index is 4.78. The molecule has 0 saturated carbocycles. The molecule has 1 aromatic carbocycles. The Kier molecular flexibility index (Phi) is 3.89. The van der Waals surface area contributed by atoms with Crippen LogP contribution in [0.4, 0.5) is 0 Å². The Morgan fingerprint density at radius 2 is 2.09 bits per heavy atom. The van der Waals surface area contributed by atoms with Gasteiger partial charge in [-0.2, -0.15) is 0 Å². The van der Waals surface area contributed by atoms with Gasteiger partial charge in [0.05, 0.1) is 25.2 Å². The van der Waals surface area contributed by atoms with E-state index in [4.69, 9.17) is 4.99 Å². The number of benzene rings is 1. The minimum atomic E-state index is 0.0926. The summed E-state index contributed by atoms with van der Waals surface area (Å²) in [4.78, 5) is 11.7. The Morgan fingerprint density at radius 1 is 1.26 bits per heavy atom. The van der Waals surface area contributed by atoms with E-state index in [0.717, 1.165) is 35.7 Å². The van der Waals surface area contributed by atoms with Gasteiger partial charge in [0, 0.05) is 11.4 Å². The molecule has 0 aromatic heterocycles. The lowest BCUT2D eigenvalue weighted by Gasteiger charge is -2.22. The van der Waals surface area contributed by atoms with Crippen LogP contribution in [-0.4, -0.2) is 33.1 Å². The van der Waals surface area contributed by atoms with E-state index >= 15 is 0 Å². The molecule has 0 saturated heterocycles. The van der Waals surface area contributed by atoms with Gasteiger partial charge in [-0.05, 0) is 30.4 Å². The third kappa shape index (κ3) is 3.15. The fourth-order valence-electron chi connectivity index (χ4n) is 2.83. The van der Waals surface area contributed by atoms with Crippen molar-refractivity contribution in [3.63, 3.8) is 0 Å². The van der Waals surface area contributed by atoms with Gasteiger partial charge < -0.3 is 10.2 Å². The van der Waals surface area contributed by atoms with E-state index in [2.05, 4.69) is 58.7 Å². The van der Waals surface area contributed by atoms with E-state index in [1.807, 2.05) is 0 Å². The number of hydrogen-bond acceptors (Lipinski definition) is 6. The highest BCUT2D eigenvalue weighted by molar-refractivity contribution is 8.17. The first-order chi connectivity index (χ1) is 11.1. The van der Waals surface area contributed by atoms with Crippen molar-refractivity contribution < 1.29 is 0 Å². The standard InChI is InChI=1S/C17H20N4S2/c1-17(2)11-19-15(20-17)22-9-14-10-23-16-18-7-12-5-3-4-6-13(12)8-21(14)16/h3-6,10H,7-9,11H2,1-2H3,(H,19,20). The summed E-state index contributed by atoms with van der Waals surface area (Å²) in [6.45, 7) is 6.93. The van der Waals surface area contributed by atoms with Crippen LogP contribution >= 0.6 is 23.5 Å². The zero-order chi connectivity index (χ0) is 15.9. The predicted molar refractivity (Wildman–Crippen MR) is 101 cm³/mol. The summed E-state index contributed by atoms with van der Waals surface area (Å²) in [7, 11) is 0. The van der Waals surface area contributed by atoms with Crippen molar-refractivity contribution in [3.8, 4) is 0 Å². The van der Waals surface area contributed by atoms with Crippen molar-refractivity contribution in [2.45, 2.75) is 32.5 Å². The molecule has 0 atom stereocenters. The molecule has 3 aliphatic heterocycles. The molecule has 0 spiro atoms. The lowest BCUT2D eigenvalue weighted by atomic mass is 10.1. The summed E-state index contributed by atoms with van der Waals surface area (Å²) in [5.74, 6) is 0.927. The lowest BCUT2D eigenvalue weighted by molar-refractivity contribution is 0.508. The normalized spacial score (nSPS) is 21.7. The number of rotatable bonds is 2. The van der Waals surface area contributed by atoms with Gasteiger partial charge in [-0.1, -0.05) is 47.8 Å². The second kappa shape index (κ2) is 5.91. The van der Waals surface area contributed by atoms with Gasteiger partial charge in [-0.25, -0.2) is 0 Å². The van der Waals surface area contributed by atoms with E-state index in [9.17, 15) is 0 Å². The first-order valence-electron chi connectivity index (χ1n) is 7.81. The molecule has 4 nitrogen and oxygen atoms in total. The summed E-state index contributed by atoms with van der Waals surface area (Å²) < 4.78 is 0. The topological polar surface area (TPSA) is 40.0 Å². The Morgan fingerprint density at radius 3 is 2.87 bits per heavy atom. The van der Waals surface area contributed by atoms with Crippen LogP contribution in [0.3, 0.4) is 0 Å². The molecule has 3 aliphatic rings. The smallest absolute Gasteiger partial charge is 0.168 e. The zero-order valence-corrected chi connectivity index (χ0v) is 15.0. The van der Waals surface area contributed by atoms with Gasteiger partial charge in [0.2, 0.25) is 0 Å². The summed E-state index contributed by atoms with van der Waals surface area (Å²) >= 11 is 3.53. The van der Waals surface area contributed by atoms with Gasteiger partial charge in [0.25, 0.3) is 0 Å². The molecule has 1 N–H and O–H groups in total.